The minimum absolute atomic E-state index is 0.0201. The quantitative estimate of drug-likeness (QED) is 0.814. The van der Waals surface area contributed by atoms with E-state index < -0.39 is 0 Å². The Kier molecular flexibility index (Phi) is 2.85. The molecule has 1 heterocycles. The Labute approximate surface area is 100 Å². The Hall–Kier alpha value is -1.88. The largest absolute Gasteiger partial charge is 0.456 e. The number of nitrogens with one attached hydrogen (secondary N) is 1. The highest BCUT2D eigenvalue weighted by Gasteiger charge is 2.51. The summed E-state index contributed by atoms with van der Waals surface area (Å²) in [6.07, 6.45) is 0. The molecule has 0 saturated carbocycles. The van der Waals surface area contributed by atoms with Crippen LogP contribution in [0, 0.1) is 0 Å². The van der Waals surface area contributed by atoms with Gasteiger partial charge < -0.3 is 0 Å². The first-order valence-corrected chi connectivity index (χ1v) is 5.73. The van der Waals surface area contributed by atoms with E-state index in [1.54, 1.807) is 24.3 Å². The number of para-hydroxylation sites is 1. The number of quaternary nitrogens is 1. The first-order chi connectivity index (χ1) is 8.14. The second-order valence-corrected chi connectivity index (χ2v) is 3.97. The van der Waals surface area contributed by atoms with Crippen LogP contribution >= 0.6 is 0 Å². The normalized spacial score (nSPS) is 18.4. The summed E-state index contributed by atoms with van der Waals surface area (Å²) in [4.78, 5) is 25.4. The lowest BCUT2D eigenvalue weighted by molar-refractivity contribution is -0.875. The molecule has 17 heavy (non-hydrogen) atoms. The van der Waals surface area contributed by atoms with Crippen LogP contribution in [0.2, 0.25) is 0 Å². The molecule has 0 radical (unpaired) electrons. The second-order valence-electron chi connectivity index (χ2n) is 3.97. The molecule has 0 aliphatic carbocycles. The third-order valence-corrected chi connectivity index (χ3v) is 3.16. The van der Waals surface area contributed by atoms with E-state index in [1.807, 2.05) is 19.9 Å². The standard InChI is InChI=1S/C12H15N3O2/c1-3-15(4-2)12(17)14(11(16)13-15)10-8-6-5-7-9-10/h5-9H,3-4H2,1-2H3/p+1. The van der Waals surface area contributed by atoms with Crippen molar-refractivity contribution in [3.8, 4) is 0 Å². The summed E-state index contributed by atoms with van der Waals surface area (Å²) >= 11 is 0. The van der Waals surface area contributed by atoms with Crippen molar-refractivity contribution >= 4 is 17.7 Å². The van der Waals surface area contributed by atoms with Crippen LogP contribution in [0.15, 0.2) is 30.3 Å². The zero-order chi connectivity index (χ0) is 12.5. The molecule has 1 aromatic rings. The van der Waals surface area contributed by atoms with Gasteiger partial charge >= 0.3 is 12.1 Å². The highest BCUT2D eigenvalue weighted by Crippen LogP contribution is 2.23. The Bertz CT molecular complexity index is 440. The van der Waals surface area contributed by atoms with Gasteiger partial charge in [-0.3, -0.25) is 0 Å². The molecule has 0 atom stereocenters. The molecular formula is C12H16N3O2+. The third-order valence-electron chi connectivity index (χ3n) is 3.16. The first-order valence-electron chi connectivity index (χ1n) is 5.73. The van der Waals surface area contributed by atoms with Gasteiger partial charge in [-0.2, -0.15) is 10.3 Å². The number of nitrogens with zero attached hydrogens (tertiary/aromatic N) is 2. The SMILES string of the molecule is CC[N+]1(CC)NC(=O)N(c2ccccc2)C1=O. The molecule has 1 aromatic carbocycles. The lowest BCUT2D eigenvalue weighted by Crippen LogP contribution is -2.56. The third kappa shape index (κ3) is 1.68. The highest BCUT2D eigenvalue weighted by molar-refractivity contribution is 6.14. The van der Waals surface area contributed by atoms with Gasteiger partial charge in [0.1, 0.15) is 13.1 Å². The van der Waals surface area contributed by atoms with Gasteiger partial charge in [0.15, 0.2) is 0 Å². The predicted octanol–water partition coefficient (Wildman–Crippen LogP) is 2.11. The number of imide groups is 1. The summed E-state index contributed by atoms with van der Waals surface area (Å²) in [5.74, 6) is 0. The summed E-state index contributed by atoms with van der Waals surface area (Å²) in [7, 11) is 0. The number of rotatable bonds is 3. The average Bonchev–Trinajstić information content (AvgIpc) is 2.62. The minimum atomic E-state index is -0.357. The number of carbonyl (C=O) groups excluding carboxylic acids is 2. The van der Waals surface area contributed by atoms with Gasteiger partial charge in [0.05, 0.1) is 5.69 Å². The van der Waals surface area contributed by atoms with Crippen molar-refractivity contribution in [3.05, 3.63) is 30.3 Å². The topological polar surface area (TPSA) is 49.4 Å². The smallest absolute Gasteiger partial charge is 0.242 e. The maximum Gasteiger partial charge on any atom is 0.456 e. The molecule has 0 aromatic heterocycles. The van der Waals surface area contributed by atoms with Gasteiger partial charge in [-0.25, -0.2) is 9.59 Å². The molecular weight excluding hydrogens is 218 g/mol. The van der Waals surface area contributed by atoms with Gasteiger partial charge in [0, 0.05) is 0 Å². The molecule has 5 nitrogen and oxygen atoms in total. The van der Waals surface area contributed by atoms with E-state index >= 15 is 0 Å². The lowest BCUT2D eigenvalue weighted by atomic mass is 10.3. The number of hydrogen-bond acceptors (Lipinski definition) is 2. The molecule has 2 rings (SSSR count). The van der Waals surface area contributed by atoms with E-state index in [0.717, 1.165) is 0 Å². The predicted molar refractivity (Wildman–Crippen MR) is 64.2 cm³/mol. The van der Waals surface area contributed by atoms with Gasteiger partial charge in [-0.15, -0.1) is 4.59 Å². The summed E-state index contributed by atoms with van der Waals surface area (Å²) in [5, 5.41) is 0. The fraction of sp³-hybridized carbons (Fsp3) is 0.333. The molecule has 1 saturated heterocycles. The maximum absolute atomic E-state index is 12.3. The molecule has 0 bridgehead atoms. The van der Waals surface area contributed by atoms with Gasteiger partial charge in [-0.1, -0.05) is 18.2 Å². The van der Waals surface area contributed by atoms with Crippen LogP contribution in [0.1, 0.15) is 13.8 Å². The molecule has 0 unspecified atom stereocenters. The summed E-state index contributed by atoms with van der Waals surface area (Å²) in [5.41, 5.74) is 3.35. The highest BCUT2D eigenvalue weighted by atomic mass is 16.2. The van der Waals surface area contributed by atoms with Crippen molar-refractivity contribution < 1.29 is 14.2 Å². The molecule has 1 fully saturated rings. The fourth-order valence-corrected chi connectivity index (χ4v) is 2.02. The second kappa shape index (κ2) is 4.18. The van der Waals surface area contributed by atoms with Crippen molar-refractivity contribution in [2.45, 2.75) is 13.8 Å². The Balaban J connectivity index is 2.39. The van der Waals surface area contributed by atoms with E-state index in [-0.39, 0.29) is 16.7 Å². The monoisotopic (exact) mass is 234 g/mol. The first kappa shape index (κ1) is 11.6. The lowest BCUT2D eigenvalue weighted by Gasteiger charge is -2.24. The van der Waals surface area contributed by atoms with Crippen LogP contribution < -0.4 is 10.3 Å². The van der Waals surface area contributed by atoms with Crippen molar-refractivity contribution in [1.82, 2.24) is 5.43 Å². The summed E-state index contributed by atoms with van der Waals surface area (Å²) < 4.78 is -0.0201. The van der Waals surface area contributed by atoms with Gasteiger partial charge in [0.2, 0.25) is 0 Å². The van der Waals surface area contributed by atoms with Crippen LogP contribution in [0.5, 0.6) is 0 Å². The number of hydrogen-bond donors (Lipinski definition) is 1. The maximum atomic E-state index is 12.3. The number of carbonyl (C=O) groups is 2. The van der Waals surface area contributed by atoms with Crippen LogP contribution in [-0.4, -0.2) is 29.7 Å². The van der Waals surface area contributed by atoms with E-state index in [4.69, 9.17) is 0 Å². The Morgan fingerprint density at radius 1 is 1.12 bits per heavy atom. The van der Waals surface area contributed by atoms with Gasteiger partial charge in [0.25, 0.3) is 0 Å². The van der Waals surface area contributed by atoms with Gasteiger partial charge in [-0.05, 0) is 26.0 Å². The average molecular weight is 234 g/mol. The molecule has 1 aliphatic rings. The summed E-state index contributed by atoms with van der Waals surface area (Å²) in [6.45, 7) is 4.86. The summed E-state index contributed by atoms with van der Waals surface area (Å²) in [6, 6.07) is 8.40. The van der Waals surface area contributed by atoms with Crippen LogP contribution in [0.3, 0.4) is 0 Å². The zero-order valence-electron chi connectivity index (χ0n) is 10.0. The number of urea groups is 2. The fourth-order valence-electron chi connectivity index (χ4n) is 2.02. The number of benzene rings is 1. The molecule has 5 heteroatoms. The van der Waals surface area contributed by atoms with E-state index in [1.165, 1.54) is 4.90 Å². The molecule has 0 spiro atoms. The van der Waals surface area contributed by atoms with Crippen molar-refractivity contribution in [2.75, 3.05) is 18.0 Å². The number of anilines is 1. The molecule has 1 N–H and O–H groups in total. The van der Waals surface area contributed by atoms with Crippen molar-refractivity contribution in [3.63, 3.8) is 0 Å². The number of amides is 4. The van der Waals surface area contributed by atoms with Crippen LogP contribution in [0.4, 0.5) is 15.3 Å². The molecule has 1 aliphatic heterocycles. The van der Waals surface area contributed by atoms with Crippen molar-refractivity contribution in [2.24, 2.45) is 0 Å². The van der Waals surface area contributed by atoms with E-state index in [9.17, 15) is 9.59 Å². The zero-order valence-corrected chi connectivity index (χ0v) is 10.0. The van der Waals surface area contributed by atoms with E-state index in [2.05, 4.69) is 5.43 Å². The van der Waals surface area contributed by atoms with E-state index in [0.29, 0.717) is 18.8 Å². The Morgan fingerprint density at radius 2 is 1.71 bits per heavy atom. The van der Waals surface area contributed by atoms with Crippen molar-refractivity contribution in [1.29, 1.82) is 0 Å². The van der Waals surface area contributed by atoms with Crippen LogP contribution in [-0.2, 0) is 0 Å². The molecule has 4 amide bonds. The molecule has 90 valence electrons. The minimum Gasteiger partial charge on any atom is -0.242 e. The van der Waals surface area contributed by atoms with Crippen LogP contribution in [0.25, 0.3) is 0 Å². The Morgan fingerprint density at radius 3 is 2.18 bits per heavy atom.